The molecule has 2 aromatic rings. The van der Waals surface area contributed by atoms with Gasteiger partial charge in [-0.15, -0.1) is 0 Å². The fraction of sp³-hybridized carbons (Fsp3) is 0.547. The molecule has 0 bridgehead atoms. The lowest BCUT2D eigenvalue weighted by molar-refractivity contribution is -0.147. The third-order valence-corrected chi connectivity index (χ3v) is 16.4. The molecule has 2 aliphatic heterocycles. The number of carboxylic acids is 2. The van der Waals surface area contributed by atoms with Crippen LogP contribution >= 0.6 is 33.3 Å². The summed E-state index contributed by atoms with van der Waals surface area (Å²) in [6.45, 7) is 5.00. The summed E-state index contributed by atoms with van der Waals surface area (Å²) in [6, 6.07) is -3.60. The van der Waals surface area contributed by atoms with Crippen LogP contribution in [0, 0.1) is 5.92 Å². The van der Waals surface area contributed by atoms with Gasteiger partial charge in [0.15, 0.2) is 0 Å². The smallest absolute Gasteiger partial charge is 0.326 e. The molecule has 17 N–H and O–H groups in total. The molecule has 0 aromatic heterocycles. The predicted molar refractivity (Wildman–Crippen MR) is 309 cm³/mol. The van der Waals surface area contributed by atoms with E-state index in [-0.39, 0.29) is 73.3 Å². The van der Waals surface area contributed by atoms with Gasteiger partial charge in [-0.3, -0.25) is 52.7 Å². The molecule has 462 valence electrons. The summed E-state index contributed by atoms with van der Waals surface area (Å²) in [4.78, 5) is 164. The van der Waals surface area contributed by atoms with Gasteiger partial charge in [-0.25, -0.2) is 4.79 Å². The first kappa shape index (κ1) is 69.1. The second-order valence-corrected chi connectivity index (χ2v) is 24.2. The second kappa shape index (κ2) is 33.8. The predicted octanol–water partition coefficient (Wildman–Crippen LogP) is -2.52. The molecule has 0 aliphatic carbocycles. The highest BCUT2D eigenvalue weighted by Crippen LogP contribution is 2.27. The van der Waals surface area contributed by atoms with Crippen LogP contribution in [0.3, 0.4) is 0 Å². The van der Waals surface area contributed by atoms with E-state index in [1.165, 1.54) is 60.0 Å². The third-order valence-electron chi connectivity index (χ3n) is 13.3. The van der Waals surface area contributed by atoms with E-state index in [1.807, 2.05) is 13.8 Å². The van der Waals surface area contributed by atoms with Crippen molar-refractivity contribution in [2.24, 2.45) is 17.4 Å². The average molecular weight is 1230 g/mol. The van der Waals surface area contributed by atoms with E-state index in [4.69, 9.17) is 11.5 Å². The Bertz CT molecular complexity index is 2670. The molecule has 0 saturated carbocycles. The summed E-state index contributed by atoms with van der Waals surface area (Å²) in [6.07, 6.45) is -1.71. The van der Waals surface area contributed by atoms with Crippen molar-refractivity contribution in [2.45, 2.75) is 145 Å². The first-order valence-corrected chi connectivity index (χ1v) is 30.7. The van der Waals surface area contributed by atoms with E-state index in [0.29, 0.717) is 17.5 Å². The number of aliphatic hydroxyl groups is 1. The van der Waals surface area contributed by atoms with Crippen LogP contribution in [-0.4, -0.2) is 198 Å². The zero-order valence-corrected chi connectivity index (χ0v) is 49.2. The van der Waals surface area contributed by atoms with E-state index in [1.54, 1.807) is 18.4 Å². The standard InChI is InChI=1S/C53H75N11O17S3/c1-26(2)20-32(54)44(71)58-35(21-28-7-11-30(66)12-8-28)48(75)62-39-25-84-83-24-38(61-51(78)43(27(3)65)63-50(77)40-6-5-18-64(40)52(39)79)49(76)59-36(22-29-9-13-31(67)14-10-29)47(74)56-33(15-16-41(55)68)45(72)57-34(17-19-82-4)46(73)60-37(53(80)81)23-42(69)70/h7-14,26-27,32-40,43,65-67H,5-6,15-25,54H2,1-4H3,(H2,55,68)(H,56,74)(H,57,72)(H,58,71)(H,59,76)(H,60,73)(H,61,78)(H,62,75)(H,63,77)(H,69,70)(H,80,81)/t27-,32+,33+,34+,35+,36+,37+,38+,39+,40+,43+/m1/s1. The van der Waals surface area contributed by atoms with Crippen LogP contribution in [0.4, 0.5) is 0 Å². The number of nitrogens with one attached hydrogen (secondary N) is 8. The minimum atomic E-state index is -1.89. The first-order chi connectivity index (χ1) is 39.7. The number of nitrogens with two attached hydrogens (primary N) is 2. The lowest BCUT2D eigenvalue weighted by atomic mass is 10.0. The van der Waals surface area contributed by atoms with Crippen LogP contribution in [0.2, 0.25) is 0 Å². The molecule has 2 aromatic carbocycles. The molecule has 2 aliphatic rings. The molecule has 31 heteroatoms. The van der Waals surface area contributed by atoms with Gasteiger partial charge in [0.1, 0.15) is 65.9 Å². The average Bonchev–Trinajstić information content (AvgIpc) is 4.16. The summed E-state index contributed by atoms with van der Waals surface area (Å²) in [5.74, 6) is -12.9. The largest absolute Gasteiger partial charge is 0.508 e. The molecule has 0 unspecified atom stereocenters. The maximum absolute atomic E-state index is 14.6. The quantitative estimate of drug-likeness (QED) is 0.0391. The van der Waals surface area contributed by atoms with E-state index >= 15 is 0 Å². The zero-order valence-electron chi connectivity index (χ0n) is 46.7. The van der Waals surface area contributed by atoms with Gasteiger partial charge in [-0.1, -0.05) is 59.7 Å². The third kappa shape index (κ3) is 22.3. The molecule has 28 nitrogen and oxygen atoms in total. The maximum atomic E-state index is 14.6. The summed E-state index contributed by atoms with van der Waals surface area (Å²) < 4.78 is 0. The number of fused-ring (bicyclic) bond motifs is 1. The molecular formula is C53H75N11O17S3. The molecule has 0 radical (unpaired) electrons. The van der Waals surface area contributed by atoms with Gasteiger partial charge >= 0.3 is 11.9 Å². The van der Waals surface area contributed by atoms with Gasteiger partial charge in [-0.2, -0.15) is 11.8 Å². The Hall–Kier alpha value is -7.35. The molecule has 2 heterocycles. The van der Waals surface area contributed by atoms with Crippen molar-refractivity contribution in [3.8, 4) is 11.5 Å². The number of thioether (sulfide) groups is 1. The number of benzene rings is 2. The lowest BCUT2D eigenvalue weighted by Crippen LogP contribution is -2.62. The van der Waals surface area contributed by atoms with Gasteiger partial charge in [0, 0.05) is 37.3 Å². The number of aromatic hydroxyl groups is 2. The Morgan fingerprint density at radius 3 is 1.75 bits per heavy atom. The first-order valence-electron chi connectivity index (χ1n) is 26.9. The molecule has 0 spiro atoms. The molecular weight excluding hydrogens is 1160 g/mol. The SMILES string of the molecule is CSCC[C@H](NC(=O)[C@H](CCC(N)=O)NC(=O)[C@H](Cc1ccc(O)cc1)NC(=O)[C@@H]1CSSC[C@H](NC(=O)[C@H](Cc2ccc(O)cc2)NC(=O)[C@@H](N)CC(C)C)C(=O)N2CCC[C@H]2C(=O)N[C@@H]([C@@H](C)O)C(=O)N1)C(=O)N[C@@H](CC(=O)O)C(=O)O. The van der Waals surface area contributed by atoms with Crippen molar-refractivity contribution in [3.05, 3.63) is 59.7 Å². The van der Waals surface area contributed by atoms with Gasteiger partial charge in [0.2, 0.25) is 59.1 Å². The zero-order chi connectivity index (χ0) is 62.4. The van der Waals surface area contributed by atoms with Crippen molar-refractivity contribution in [1.29, 1.82) is 0 Å². The Balaban J connectivity index is 1.69. The number of carbonyl (C=O) groups excluding carboxylic acids is 10. The van der Waals surface area contributed by atoms with Gasteiger partial charge in [0.05, 0.1) is 18.6 Å². The Kier molecular flexibility index (Phi) is 27.8. The van der Waals surface area contributed by atoms with Crippen molar-refractivity contribution in [3.63, 3.8) is 0 Å². The number of hydrogen-bond donors (Lipinski definition) is 15. The molecule has 11 atom stereocenters. The minimum absolute atomic E-state index is 0.0235. The van der Waals surface area contributed by atoms with Crippen LogP contribution in [0.15, 0.2) is 48.5 Å². The number of carboxylic acid groups (broad SMARTS) is 2. The minimum Gasteiger partial charge on any atom is -0.508 e. The Labute approximate surface area is 496 Å². The number of nitrogens with zero attached hydrogens (tertiary/aromatic N) is 1. The molecule has 10 amide bonds. The van der Waals surface area contributed by atoms with Gasteiger partial charge < -0.3 is 84.4 Å². The number of phenolic OH excluding ortho intramolecular Hbond substituents is 2. The van der Waals surface area contributed by atoms with Crippen LogP contribution < -0.4 is 54.0 Å². The number of aliphatic hydroxyl groups excluding tert-OH is 1. The lowest BCUT2D eigenvalue weighted by Gasteiger charge is -2.32. The second-order valence-electron chi connectivity index (χ2n) is 20.6. The van der Waals surface area contributed by atoms with Crippen molar-refractivity contribution in [2.75, 3.05) is 30.1 Å². The van der Waals surface area contributed by atoms with Crippen LogP contribution in [-0.2, 0) is 70.4 Å². The number of carbonyl (C=O) groups is 12. The molecule has 2 saturated heterocycles. The fourth-order valence-corrected chi connectivity index (χ4v) is 11.6. The Morgan fingerprint density at radius 1 is 0.702 bits per heavy atom. The van der Waals surface area contributed by atoms with Crippen LogP contribution in [0.5, 0.6) is 11.5 Å². The highest BCUT2D eigenvalue weighted by molar-refractivity contribution is 8.76. The Morgan fingerprint density at radius 2 is 1.23 bits per heavy atom. The summed E-state index contributed by atoms with van der Waals surface area (Å²) >= 11 is 1.25. The van der Waals surface area contributed by atoms with Crippen LogP contribution in [0.25, 0.3) is 0 Å². The molecule has 4 rings (SSSR count). The normalized spacial score (nSPS) is 20.1. The number of amides is 10. The molecule has 2 fully saturated rings. The topological polar surface area (TPSA) is 458 Å². The van der Waals surface area contributed by atoms with Crippen molar-refractivity contribution in [1.82, 2.24) is 47.4 Å². The van der Waals surface area contributed by atoms with Crippen molar-refractivity contribution < 1.29 is 83.1 Å². The maximum Gasteiger partial charge on any atom is 0.326 e. The highest BCUT2D eigenvalue weighted by atomic mass is 33.1. The van der Waals surface area contributed by atoms with Crippen molar-refractivity contribution >= 4 is 104 Å². The number of aliphatic carboxylic acids is 2. The monoisotopic (exact) mass is 1230 g/mol. The van der Waals surface area contributed by atoms with E-state index in [0.717, 1.165) is 21.6 Å². The number of phenols is 2. The van der Waals surface area contributed by atoms with E-state index in [9.17, 15) is 83.1 Å². The number of hydrogen-bond acceptors (Lipinski definition) is 19. The van der Waals surface area contributed by atoms with E-state index in [2.05, 4.69) is 42.5 Å². The van der Waals surface area contributed by atoms with Gasteiger partial charge in [-0.05, 0) is 92.3 Å². The summed E-state index contributed by atoms with van der Waals surface area (Å²) in [7, 11) is 1.92. The summed E-state index contributed by atoms with van der Waals surface area (Å²) in [5, 5.41) is 69.7. The fourth-order valence-electron chi connectivity index (χ4n) is 8.85. The molecule has 84 heavy (non-hydrogen) atoms. The number of rotatable bonds is 28. The summed E-state index contributed by atoms with van der Waals surface area (Å²) in [5.41, 5.74) is 12.5. The van der Waals surface area contributed by atoms with Crippen LogP contribution in [0.1, 0.15) is 76.8 Å². The number of primary amides is 1. The highest BCUT2D eigenvalue weighted by Gasteiger charge is 2.42. The van der Waals surface area contributed by atoms with Gasteiger partial charge in [0.25, 0.3) is 0 Å². The van der Waals surface area contributed by atoms with E-state index < -0.39 is 157 Å².